The molecule has 0 bridgehead atoms. The molecule has 2 aromatic rings. The van der Waals surface area contributed by atoms with Crippen molar-refractivity contribution in [3.63, 3.8) is 0 Å². The number of anilines is 2. The van der Waals surface area contributed by atoms with Gasteiger partial charge in [0.2, 0.25) is 0 Å². The third-order valence-electron chi connectivity index (χ3n) is 4.33. The number of piperidine rings is 1. The van der Waals surface area contributed by atoms with Crippen molar-refractivity contribution in [3.05, 3.63) is 47.4 Å². The molecule has 1 aliphatic rings. The first-order valence-corrected chi connectivity index (χ1v) is 7.50. The molecule has 0 unspecified atom stereocenters. The molecule has 1 fully saturated rings. The standard InChI is InChI=1S/C17H19N5/c1-12-8-17(19)21-11-16(12)13-3-6-22(7-4-13)15-2-5-20-14(9-15)10-18/h2,5,8-9,11,13H,3-4,6-7H2,1H3,(H2,19,21). The Morgan fingerprint density at radius 3 is 2.73 bits per heavy atom. The zero-order valence-corrected chi connectivity index (χ0v) is 12.7. The molecule has 5 heteroatoms. The van der Waals surface area contributed by atoms with Gasteiger partial charge in [0, 0.05) is 31.2 Å². The highest BCUT2D eigenvalue weighted by Crippen LogP contribution is 2.32. The molecule has 5 nitrogen and oxygen atoms in total. The van der Waals surface area contributed by atoms with Crippen LogP contribution in [-0.2, 0) is 0 Å². The Balaban J connectivity index is 1.71. The largest absolute Gasteiger partial charge is 0.384 e. The van der Waals surface area contributed by atoms with Gasteiger partial charge in [-0.1, -0.05) is 0 Å². The molecule has 3 rings (SSSR count). The summed E-state index contributed by atoms with van der Waals surface area (Å²) in [6.45, 7) is 4.05. The van der Waals surface area contributed by atoms with E-state index in [0.29, 0.717) is 17.4 Å². The highest BCUT2D eigenvalue weighted by Gasteiger charge is 2.22. The summed E-state index contributed by atoms with van der Waals surface area (Å²) in [5.41, 5.74) is 9.81. The summed E-state index contributed by atoms with van der Waals surface area (Å²) < 4.78 is 0. The summed E-state index contributed by atoms with van der Waals surface area (Å²) in [6.07, 6.45) is 5.78. The van der Waals surface area contributed by atoms with E-state index in [4.69, 9.17) is 11.0 Å². The molecule has 0 aliphatic carbocycles. The molecule has 0 saturated carbocycles. The van der Waals surface area contributed by atoms with Gasteiger partial charge in [0.05, 0.1) is 0 Å². The predicted molar refractivity (Wildman–Crippen MR) is 86.5 cm³/mol. The second-order valence-electron chi connectivity index (χ2n) is 5.74. The molecule has 1 aliphatic heterocycles. The first kappa shape index (κ1) is 14.3. The van der Waals surface area contributed by atoms with Crippen molar-refractivity contribution in [3.8, 4) is 6.07 Å². The summed E-state index contributed by atoms with van der Waals surface area (Å²) in [5.74, 6) is 1.11. The maximum Gasteiger partial charge on any atom is 0.142 e. The fraction of sp³-hybridized carbons (Fsp3) is 0.353. The third-order valence-corrected chi connectivity index (χ3v) is 4.33. The summed E-state index contributed by atoms with van der Waals surface area (Å²) in [4.78, 5) is 10.6. The average Bonchev–Trinajstić information content (AvgIpc) is 2.55. The van der Waals surface area contributed by atoms with Crippen LogP contribution < -0.4 is 10.6 Å². The number of aromatic nitrogens is 2. The number of rotatable bonds is 2. The van der Waals surface area contributed by atoms with E-state index >= 15 is 0 Å². The zero-order chi connectivity index (χ0) is 15.5. The van der Waals surface area contributed by atoms with Crippen LogP contribution in [-0.4, -0.2) is 23.1 Å². The Bertz CT molecular complexity index is 711. The summed E-state index contributed by atoms with van der Waals surface area (Å²) in [5, 5.41) is 8.96. The summed E-state index contributed by atoms with van der Waals surface area (Å²) in [7, 11) is 0. The molecule has 0 aromatic carbocycles. The van der Waals surface area contributed by atoms with Crippen molar-refractivity contribution in [2.45, 2.75) is 25.7 Å². The quantitative estimate of drug-likeness (QED) is 0.920. The number of nitrogens with two attached hydrogens (primary N) is 1. The molecular weight excluding hydrogens is 274 g/mol. The number of nitriles is 1. The van der Waals surface area contributed by atoms with E-state index in [-0.39, 0.29) is 0 Å². The van der Waals surface area contributed by atoms with Crippen LogP contribution in [0.25, 0.3) is 0 Å². The molecule has 0 spiro atoms. The van der Waals surface area contributed by atoms with E-state index in [1.54, 1.807) is 6.20 Å². The van der Waals surface area contributed by atoms with Gasteiger partial charge in [-0.05, 0) is 55.0 Å². The lowest BCUT2D eigenvalue weighted by molar-refractivity contribution is 0.502. The van der Waals surface area contributed by atoms with Crippen molar-refractivity contribution in [2.24, 2.45) is 0 Å². The molecule has 2 aromatic heterocycles. The Kier molecular flexibility index (Phi) is 3.92. The minimum absolute atomic E-state index is 0.471. The first-order chi connectivity index (χ1) is 10.7. The smallest absolute Gasteiger partial charge is 0.142 e. The maximum atomic E-state index is 8.96. The number of pyridine rings is 2. The fourth-order valence-electron chi connectivity index (χ4n) is 3.14. The van der Waals surface area contributed by atoms with Crippen LogP contribution in [0.2, 0.25) is 0 Å². The number of hydrogen-bond acceptors (Lipinski definition) is 5. The number of hydrogen-bond donors (Lipinski definition) is 1. The number of nitrogens with zero attached hydrogens (tertiary/aromatic N) is 4. The molecule has 0 amide bonds. The van der Waals surface area contributed by atoms with Gasteiger partial charge in [0.15, 0.2) is 0 Å². The average molecular weight is 293 g/mol. The van der Waals surface area contributed by atoms with Crippen molar-refractivity contribution >= 4 is 11.5 Å². The van der Waals surface area contributed by atoms with E-state index in [1.165, 1.54) is 11.1 Å². The van der Waals surface area contributed by atoms with Crippen LogP contribution in [0.3, 0.4) is 0 Å². The molecular formula is C17H19N5. The lowest BCUT2D eigenvalue weighted by Gasteiger charge is -2.34. The normalized spacial score (nSPS) is 15.5. The Morgan fingerprint density at radius 1 is 1.27 bits per heavy atom. The van der Waals surface area contributed by atoms with Crippen LogP contribution in [0, 0.1) is 18.3 Å². The topological polar surface area (TPSA) is 78.8 Å². The maximum absolute atomic E-state index is 8.96. The number of aryl methyl sites for hydroxylation is 1. The van der Waals surface area contributed by atoms with E-state index < -0.39 is 0 Å². The van der Waals surface area contributed by atoms with Gasteiger partial charge >= 0.3 is 0 Å². The van der Waals surface area contributed by atoms with Crippen molar-refractivity contribution in [2.75, 3.05) is 23.7 Å². The minimum Gasteiger partial charge on any atom is -0.384 e. The van der Waals surface area contributed by atoms with Gasteiger partial charge in [-0.25, -0.2) is 9.97 Å². The van der Waals surface area contributed by atoms with Crippen LogP contribution in [0.15, 0.2) is 30.6 Å². The van der Waals surface area contributed by atoms with E-state index in [0.717, 1.165) is 31.6 Å². The van der Waals surface area contributed by atoms with Crippen LogP contribution in [0.5, 0.6) is 0 Å². The second-order valence-corrected chi connectivity index (χ2v) is 5.74. The van der Waals surface area contributed by atoms with Crippen molar-refractivity contribution in [1.29, 1.82) is 5.26 Å². The molecule has 0 atom stereocenters. The van der Waals surface area contributed by atoms with Gasteiger partial charge in [-0.3, -0.25) is 0 Å². The first-order valence-electron chi connectivity index (χ1n) is 7.50. The Hall–Kier alpha value is -2.61. The van der Waals surface area contributed by atoms with Gasteiger partial charge in [-0.2, -0.15) is 5.26 Å². The van der Waals surface area contributed by atoms with Crippen LogP contribution >= 0.6 is 0 Å². The lowest BCUT2D eigenvalue weighted by atomic mass is 9.88. The SMILES string of the molecule is Cc1cc(N)ncc1C1CCN(c2ccnc(C#N)c2)CC1. The number of nitrogen functional groups attached to an aromatic ring is 1. The van der Waals surface area contributed by atoms with Gasteiger partial charge in [0.1, 0.15) is 17.6 Å². The van der Waals surface area contributed by atoms with Crippen molar-refractivity contribution in [1.82, 2.24) is 9.97 Å². The van der Waals surface area contributed by atoms with E-state index in [2.05, 4.69) is 27.9 Å². The molecule has 2 N–H and O–H groups in total. The zero-order valence-electron chi connectivity index (χ0n) is 12.7. The molecule has 1 saturated heterocycles. The lowest BCUT2D eigenvalue weighted by Crippen LogP contribution is -2.33. The molecule has 22 heavy (non-hydrogen) atoms. The molecule has 3 heterocycles. The minimum atomic E-state index is 0.471. The Labute approximate surface area is 130 Å². The molecule has 0 radical (unpaired) electrons. The highest BCUT2D eigenvalue weighted by atomic mass is 15.1. The third kappa shape index (κ3) is 2.86. The fourth-order valence-corrected chi connectivity index (χ4v) is 3.14. The van der Waals surface area contributed by atoms with Crippen LogP contribution in [0.4, 0.5) is 11.5 Å². The van der Waals surface area contributed by atoms with Crippen molar-refractivity contribution < 1.29 is 0 Å². The van der Waals surface area contributed by atoms with Crippen LogP contribution in [0.1, 0.15) is 35.6 Å². The Morgan fingerprint density at radius 2 is 2.05 bits per heavy atom. The van der Waals surface area contributed by atoms with Gasteiger partial charge in [-0.15, -0.1) is 0 Å². The van der Waals surface area contributed by atoms with E-state index in [9.17, 15) is 0 Å². The van der Waals surface area contributed by atoms with E-state index in [1.807, 2.05) is 24.4 Å². The second kappa shape index (κ2) is 6.02. The highest BCUT2D eigenvalue weighted by molar-refractivity contribution is 5.49. The van der Waals surface area contributed by atoms with Gasteiger partial charge < -0.3 is 10.6 Å². The molecule has 112 valence electrons. The summed E-state index contributed by atoms with van der Waals surface area (Å²) >= 11 is 0. The monoisotopic (exact) mass is 293 g/mol. The predicted octanol–water partition coefficient (Wildman–Crippen LogP) is 2.62. The van der Waals surface area contributed by atoms with Gasteiger partial charge in [0.25, 0.3) is 0 Å². The summed E-state index contributed by atoms with van der Waals surface area (Å²) in [6, 6.07) is 7.87.